The molecule has 0 aromatic heterocycles. The van der Waals surface area contributed by atoms with E-state index in [9.17, 15) is 9.59 Å². The zero-order valence-corrected chi connectivity index (χ0v) is 15.9. The van der Waals surface area contributed by atoms with Crippen LogP contribution < -0.4 is 0 Å². The van der Waals surface area contributed by atoms with Crippen LogP contribution in [-0.4, -0.2) is 37.4 Å². The highest BCUT2D eigenvalue weighted by Crippen LogP contribution is 2.36. The molecule has 0 N–H and O–H groups in total. The summed E-state index contributed by atoms with van der Waals surface area (Å²) in [5.74, 6) is -1.11. The van der Waals surface area contributed by atoms with Gasteiger partial charge in [-0.05, 0) is 37.5 Å². The number of hydrogen-bond donors (Lipinski definition) is 0. The van der Waals surface area contributed by atoms with Crippen LogP contribution in [0.3, 0.4) is 0 Å². The molecule has 1 aromatic carbocycles. The highest BCUT2D eigenvalue weighted by atomic mass is 35.5. The van der Waals surface area contributed by atoms with Crippen LogP contribution in [0.5, 0.6) is 0 Å². The Morgan fingerprint density at radius 1 is 1.28 bits per heavy atom. The maximum Gasteiger partial charge on any atom is 0.353 e. The van der Waals surface area contributed by atoms with Crippen LogP contribution in [0.15, 0.2) is 18.2 Å². The molecule has 138 valence electrons. The van der Waals surface area contributed by atoms with Crippen molar-refractivity contribution in [1.82, 2.24) is 0 Å². The summed E-state index contributed by atoms with van der Waals surface area (Å²) >= 11 is 12.0. The van der Waals surface area contributed by atoms with Crippen LogP contribution in [0.2, 0.25) is 10.0 Å². The van der Waals surface area contributed by atoms with Gasteiger partial charge in [0.15, 0.2) is 0 Å². The molecule has 0 spiro atoms. The van der Waals surface area contributed by atoms with Crippen molar-refractivity contribution in [3.63, 3.8) is 0 Å². The summed E-state index contributed by atoms with van der Waals surface area (Å²) < 4.78 is 16.3. The van der Waals surface area contributed by atoms with Crippen molar-refractivity contribution in [3.8, 4) is 0 Å². The van der Waals surface area contributed by atoms with Gasteiger partial charge in [-0.3, -0.25) is 4.79 Å². The molecule has 2 unspecified atom stereocenters. The van der Waals surface area contributed by atoms with E-state index in [1.54, 1.807) is 25.1 Å². The van der Waals surface area contributed by atoms with Crippen molar-refractivity contribution in [2.45, 2.75) is 50.7 Å². The second kappa shape index (κ2) is 8.88. The van der Waals surface area contributed by atoms with Crippen molar-refractivity contribution in [2.75, 3.05) is 13.7 Å². The van der Waals surface area contributed by atoms with Crippen LogP contribution >= 0.6 is 23.2 Å². The van der Waals surface area contributed by atoms with E-state index in [-0.39, 0.29) is 13.0 Å². The summed E-state index contributed by atoms with van der Waals surface area (Å²) in [5.41, 5.74) is -0.821. The topological polar surface area (TPSA) is 61.8 Å². The first-order chi connectivity index (χ1) is 11.9. The minimum atomic E-state index is -1.40. The summed E-state index contributed by atoms with van der Waals surface area (Å²) in [6.07, 6.45) is 2.08. The molecule has 0 bridgehead atoms. The average molecular weight is 389 g/mol. The number of carbonyl (C=O) groups is 2. The van der Waals surface area contributed by atoms with Gasteiger partial charge in [0.25, 0.3) is 0 Å². The average Bonchev–Trinajstić information content (AvgIpc) is 2.58. The maximum absolute atomic E-state index is 12.6. The molecule has 7 heteroatoms. The number of hydrogen-bond acceptors (Lipinski definition) is 5. The molecule has 2 rings (SSSR count). The van der Waals surface area contributed by atoms with Gasteiger partial charge < -0.3 is 14.2 Å². The number of ether oxygens (including phenoxy) is 3. The molecule has 1 aliphatic rings. The molecule has 0 saturated heterocycles. The highest BCUT2D eigenvalue weighted by Gasteiger charge is 2.52. The SMILES string of the molecule is CCOC(=O)C1(OC(=O)Cc2ccc(Cl)cc2Cl)CCCCC1OC. The number of methoxy groups -OCH3 is 1. The van der Waals surface area contributed by atoms with Crippen LogP contribution in [0, 0.1) is 0 Å². The molecule has 2 atom stereocenters. The smallest absolute Gasteiger partial charge is 0.353 e. The van der Waals surface area contributed by atoms with Crippen molar-refractivity contribution >= 4 is 35.1 Å². The fourth-order valence-electron chi connectivity index (χ4n) is 3.12. The molecule has 0 radical (unpaired) electrons. The van der Waals surface area contributed by atoms with Gasteiger partial charge in [-0.1, -0.05) is 35.7 Å². The lowest BCUT2D eigenvalue weighted by Crippen LogP contribution is -2.56. The van der Waals surface area contributed by atoms with Crippen LogP contribution in [0.4, 0.5) is 0 Å². The maximum atomic E-state index is 12.6. The molecule has 1 aliphatic carbocycles. The standard InChI is InChI=1S/C18H22Cl2O5/c1-3-24-17(22)18(9-5-4-6-15(18)23-2)25-16(21)10-12-7-8-13(19)11-14(12)20/h7-8,11,15H,3-6,9-10H2,1-2H3. The molecule has 0 amide bonds. The third-order valence-corrected chi connectivity index (χ3v) is 4.92. The first kappa shape index (κ1) is 20.0. The van der Waals surface area contributed by atoms with Crippen LogP contribution in [-0.2, 0) is 30.2 Å². The van der Waals surface area contributed by atoms with Crippen molar-refractivity contribution in [3.05, 3.63) is 33.8 Å². The molecule has 1 fully saturated rings. The lowest BCUT2D eigenvalue weighted by atomic mass is 9.81. The van der Waals surface area contributed by atoms with Gasteiger partial charge >= 0.3 is 11.9 Å². The monoisotopic (exact) mass is 388 g/mol. The normalized spacial score (nSPS) is 23.1. The van der Waals surface area contributed by atoms with Crippen molar-refractivity contribution in [1.29, 1.82) is 0 Å². The summed E-state index contributed by atoms with van der Waals surface area (Å²) in [4.78, 5) is 25.1. The number of rotatable bonds is 6. The van der Waals surface area contributed by atoms with Gasteiger partial charge in [0.2, 0.25) is 5.60 Å². The second-order valence-corrected chi connectivity index (χ2v) is 6.81. The number of benzene rings is 1. The molecule has 1 saturated carbocycles. The Morgan fingerprint density at radius 3 is 2.68 bits per heavy atom. The van der Waals surface area contributed by atoms with E-state index in [1.807, 2.05) is 0 Å². The minimum Gasteiger partial charge on any atom is -0.463 e. The lowest BCUT2D eigenvalue weighted by molar-refractivity contribution is -0.204. The second-order valence-electron chi connectivity index (χ2n) is 5.97. The fraction of sp³-hybridized carbons (Fsp3) is 0.556. The summed E-state index contributed by atoms with van der Waals surface area (Å²) in [5, 5.41) is 0.860. The minimum absolute atomic E-state index is 0.0619. The predicted octanol–water partition coefficient (Wildman–Crippen LogP) is 3.97. The lowest BCUT2D eigenvalue weighted by Gasteiger charge is -2.40. The summed E-state index contributed by atoms with van der Waals surface area (Å²) in [7, 11) is 1.51. The highest BCUT2D eigenvalue weighted by molar-refractivity contribution is 6.35. The Bertz CT molecular complexity index is 634. The first-order valence-electron chi connectivity index (χ1n) is 8.28. The molecular formula is C18H22Cl2O5. The van der Waals surface area contributed by atoms with E-state index in [1.165, 1.54) is 7.11 Å². The van der Waals surface area contributed by atoms with Gasteiger partial charge in [-0.15, -0.1) is 0 Å². The third kappa shape index (κ3) is 4.66. The number of carbonyl (C=O) groups excluding carboxylic acids is 2. The molecule has 25 heavy (non-hydrogen) atoms. The van der Waals surface area contributed by atoms with E-state index < -0.39 is 23.6 Å². The van der Waals surface area contributed by atoms with Crippen molar-refractivity contribution in [2.24, 2.45) is 0 Å². The zero-order valence-electron chi connectivity index (χ0n) is 14.3. The predicted molar refractivity (Wildman–Crippen MR) is 94.9 cm³/mol. The quantitative estimate of drug-likeness (QED) is 0.689. The van der Waals surface area contributed by atoms with E-state index >= 15 is 0 Å². The van der Waals surface area contributed by atoms with Gasteiger partial charge in [0.1, 0.15) is 6.10 Å². The molecular weight excluding hydrogens is 367 g/mol. The first-order valence-corrected chi connectivity index (χ1v) is 9.04. The summed E-state index contributed by atoms with van der Waals surface area (Å²) in [6.45, 7) is 1.92. The van der Waals surface area contributed by atoms with Gasteiger partial charge in [0, 0.05) is 23.6 Å². The molecule has 5 nitrogen and oxygen atoms in total. The van der Waals surface area contributed by atoms with Crippen LogP contribution in [0.1, 0.15) is 38.2 Å². The third-order valence-electron chi connectivity index (χ3n) is 4.34. The Morgan fingerprint density at radius 2 is 2.04 bits per heavy atom. The molecule has 0 heterocycles. The van der Waals surface area contributed by atoms with Crippen molar-refractivity contribution < 1.29 is 23.8 Å². The van der Waals surface area contributed by atoms with E-state index in [2.05, 4.69) is 0 Å². The van der Waals surface area contributed by atoms with Crippen LogP contribution in [0.25, 0.3) is 0 Å². The number of esters is 2. The van der Waals surface area contributed by atoms with Gasteiger partial charge in [-0.2, -0.15) is 0 Å². The van der Waals surface area contributed by atoms with Gasteiger partial charge in [-0.25, -0.2) is 4.79 Å². The number of halogens is 2. The molecule has 0 aliphatic heterocycles. The zero-order chi connectivity index (χ0) is 18.4. The summed E-state index contributed by atoms with van der Waals surface area (Å²) in [6, 6.07) is 4.87. The Kier molecular flexibility index (Phi) is 7.11. The Balaban J connectivity index is 2.20. The van der Waals surface area contributed by atoms with Gasteiger partial charge in [0.05, 0.1) is 13.0 Å². The van der Waals surface area contributed by atoms with E-state index in [0.717, 1.165) is 12.8 Å². The largest absolute Gasteiger partial charge is 0.463 e. The fourth-order valence-corrected chi connectivity index (χ4v) is 3.60. The molecule has 1 aromatic rings. The van der Waals surface area contributed by atoms with E-state index in [0.29, 0.717) is 28.5 Å². The Hall–Kier alpha value is -1.30. The Labute approximate surface area is 157 Å². The van der Waals surface area contributed by atoms with E-state index in [4.69, 9.17) is 37.4 Å².